The predicted molar refractivity (Wildman–Crippen MR) is 97.8 cm³/mol. The first-order valence-corrected chi connectivity index (χ1v) is 10.0. The van der Waals surface area contributed by atoms with Gasteiger partial charge in [-0.05, 0) is 25.3 Å². The SMILES string of the molecule is CCCCCCCCCCC(CN)CCCCCCCC. The predicted octanol–water partition coefficient (Wildman–Crippen LogP) is 6.84. The minimum absolute atomic E-state index is 0.802. The van der Waals surface area contributed by atoms with Crippen LogP contribution in [0, 0.1) is 5.92 Å². The molecule has 0 rings (SSSR count). The minimum Gasteiger partial charge on any atom is -0.330 e. The molecule has 21 heavy (non-hydrogen) atoms. The lowest BCUT2D eigenvalue weighted by atomic mass is 9.94. The normalized spacial score (nSPS) is 12.7. The van der Waals surface area contributed by atoms with Crippen molar-refractivity contribution in [1.29, 1.82) is 0 Å². The third kappa shape index (κ3) is 16.2. The molecule has 0 heterocycles. The van der Waals surface area contributed by atoms with Crippen LogP contribution in [0.15, 0.2) is 0 Å². The van der Waals surface area contributed by atoms with Gasteiger partial charge >= 0.3 is 0 Å². The molecule has 0 amide bonds. The fourth-order valence-electron chi connectivity index (χ4n) is 3.16. The van der Waals surface area contributed by atoms with E-state index in [0.717, 1.165) is 12.5 Å². The van der Waals surface area contributed by atoms with E-state index in [-0.39, 0.29) is 0 Å². The van der Waals surface area contributed by atoms with Crippen molar-refractivity contribution < 1.29 is 0 Å². The summed E-state index contributed by atoms with van der Waals surface area (Å²) in [5.74, 6) is 0.802. The van der Waals surface area contributed by atoms with Crippen LogP contribution in [-0.4, -0.2) is 6.54 Å². The van der Waals surface area contributed by atoms with Crippen LogP contribution in [0.5, 0.6) is 0 Å². The van der Waals surface area contributed by atoms with Crippen molar-refractivity contribution >= 4 is 0 Å². The highest BCUT2D eigenvalue weighted by Crippen LogP contribution is 2.18. The summed E-state index contributed by atoms with van der Waals surface area (Å²) in [6.07, 6.45) is 22.6. The van der Waals surface area contributed by atoms with Crippen molar-refractivity contribution in [2.24, 2.45) is 11.7 Å². The van der Waals surface area contributed by atoms with Crippen molar-refractivity contribution in [1.82, 2.24) is 0 Å². The second-order valence-electron chi connectivity index (χ2n) is 6.92. The number of rotatable bonds is 17. The van der Waals surface area contributed by atoms with Crippen molar-refractivity contribution in [2.45, 2.75) is 117 Å². The Balaban J connectivity index is 3.28. The summed E-state index contributed by atoms with van der Waals surface area (Å²) in [6.45, 7) is 5.48. The van der Waals surface area contributed by atoms with E-state index < -0.39 is 0 Å². The molecule has 1 atom stereocenters. The van der Waals surface area contributed by atoms with E-state index in [1.165, 1.54) is 103 Å². The second-order valence-corrected chi connectivity index (χ2v) is 6.92. The zero-order chi connectivity index (χ0) is 15.6. The highest BCUT2D eigenvalue weighted by Gasteiger charge is 2.06. The Morgan fingerprint density at radius 3 is 1.19 bits per heavy atom. The lowest BCUT2D eigenvalue weighted by molar-refractivity contribution is 0.410. The Kier molecular flexibility index (Phi) is 18.0. The molecule has 0 aromatic carbocycles. The van der Waals surface area contributed by atoms with Gasteiger partial charge in [-0.15, -0.1) is 0 Å². The van der Waals surface area contributed by atoms with Gasteiger partial charge in [0.05, 0.1) is 0 Å². The maximum absolute atomic E-state index is 5.93. The van der Waals surface area contributed by atoms with Crippen LogP contribution in [0.1, 0.15) is 117 Å². The fraction of sp³-hybridized carbons (Fsp3) is 1.00. The number of nitrogens with two attached hydrogens (primary N) is 1. The Morgan fingerprint density at radius 2 is 0.857 bits per heavy atom. The Bertz CT molecular complexity index is 179. The Labute approximate surface area is 135 Å². The second kappa shape index (κ2) is 18.0. The van der Waals surface area contributed by atoms with E-state index >= 15 is 0 Å². The molecule has 0 radical (unpaired) electrons. The number of unbranched alkanes of at least 4 members (excludes halogenated alkanes) is 12. The van der Waals surface area contributed by atoms with Crippen LogP contribution in [0.2, 0.25) is 0 Å². The highest BCUT2D eigenvalue weighted by molar-refractivity contribution is 4.61. The van der Waals surface area contributed by atoms with Gasteiger partial charge in [-0.1, -0.05) is 104 Å². The van der Waals surface area contributed by atoms with Crippen molar-refractivity contribution in [3.63, 3.8) is 0 Å². The van der Waals surface area contributed by atoms with Gasteiger partial charge in [-0.25, -0.2) is 0 Å². The van der Waals surface area contributed by atoms with Gasteiger partial charge in [-0.2, -0.15) is 0 Å². The molecule has 1 unspecified atom stereocenters. The standard InChI is InChI=1S/C20H43N/c1-3-5-7-9-11-12-14-16-18-20(19-21)17-15-13-10-8-6-4-2/h20H,3-19,21H2,1-2H3. The van der Waals surface area contributed by atoms with Crippen molar-refractivity contribution in [3.05, 3.63) is 0 Å². The maximum Gasteiger partial charge on any atom is -0.00489 e. The van der Waals surface area contributed by atoms with Crippen LogP contribution in [-0.2, 0) is 0 Å². The monoisotopic (exact) mass is 297 g/mol. The van der Waals surface area contributed by atoms with Gasteiger partial charge in [0.25, 0.3) is 0 Å². The first-order chi connectivity index (χ1) is 10.3. The first kappa shape index (κ1) is 21.0. The third-order valence-corrected chi connectivity index (χ3v) is 4.77. The maximum atomic E-state index is 5.93. The topological polar surface area (TPSA) is 26.0 Å². The molecule has 0 saturated carbocycles. The van der Waals surface area contributed by atoms with Crippen LogP contribution >= 0.6 is 0 Å². The number of hydrogen-bond acceptors (Lipinski definition) is 1. The van der Waals surface area contributed by atoms with Gasteiger partial charge < -0.3 is 5.73 Å². The molecule has 0 spiro atoms. The van der Waals surface area contributed by atoms with Crippen molar-refractivity contribution in [2.75, 3.05) is 6.54 Å². The van der Waals surface area contributed by atoms with Gasteiger partial charge in [0.2, 0.25) is 0 Å². The van der Waals surface area contributed by atoms with E-state index in [0.29, 0.717) is 0 Å². The average Bonchev–Trinajstić information content (AvgIpc) is 2.51. The Hall–Kier alpha value is -0.0400. The Morgan fingerprint density at radius 1 is 0.524 bits per heavy atom. The lowest BCUT2D eigenvalue weighted by Gasteiger charge is -2.14. The first-order valence-electron chi connectivity index (χ1n) is 10.0. The third-order valence-electron chi connectivity index (χ3n) is 4.77. The molecular weight excluding hydrogens is 254 g/mol. The minimum atomic E-state index is 0.802. The summed E-state index contributed by atoms with van der Waals surface area (Å²) in [4.78, 5) is 0. The highest BCUT2D eigenvalue weighted by atomic mass is 14.5. The number of hydrogen-bond donors (Lipinski definition) is 1. The molecule has 1 nitrogen and oxygen atoms in total. The molecule has 1 heteroatoms. The molecular formula is C20H43N. The summed E-state index contributed by atoms with van der Waals surface area (Å²) < 4.78 is 0. The van der Waals surface area contributed by atoms with Gasteiger partial charge in [0.1, 0.15) is 0 Å². The molecule has 0 aromatic rings. The van der Waals surface area contributed by atoms with Gasteiger partial charge in [0.15, 0.2) is 0 Å². The molecule has 128 valence electrons. The molecule has 0 aliphatic rings. The molecule has 0 bridgehead atoms. The molecule has 2 N–H and O–H groups in total. The fourth-order valence-corrected chi connectivity index (χ4v) is 3.16. The van der Waals surface area contributed by atoms with Gasteiger partial charge in [-0.3, -0.25) is 0 Å². The van der Waals surface area contributed by atoms with E-state index in [1.807, 2.05) is 0 Å². The van der Waals surface area contributed by atoms with Crippen LogP contribution in [0.4, 0.5) is 0 Å². The molecule has 0 aliphatic carbocycles. The molecule has 0 aromatic heterocycles. The average molecular weight is 298 g/mol. The largest absolute Gasteiger partial charge is 0.330 e. The zero-order valence-corrected chi connectivity index (χ0v) is 15.2. The van der Waals surface area contributed by atoms with Crippen molar-refractivity contribution in [3.8, 4) is 0 Å². The van der Waals surface area contributed by atoms with E-state index in [4.69, 9.17) is 5.73 Å². The van der Waals surface area contributed by atoms with Crippen LogP contribution in [0.3, 0.4) is 0 Å². The molecule has 0 saturated heterocycles. The van der Waals surface area contributed by atoms with Crippen LogP contribution < -0.4 is 5.73 Å². The summed E-state index contributed by atoms with van der Waals surface area (Å²) in [7, 11) is 0. The zero-order valence-electron chi connectivity index (χ0n) is 15.2. The smallest absolute Gasteiger partial charge is 0.00489 e. The summed E-state index contributed by atoms with van der Waals surface area (Å²) in [6, 6.07) is 0. The summed E-state index contributed by atoms with van der Waals surface area (Å²) in [5, 5.41) is 0. The van der Waals surface area contributed by atoms with E-state index in [2.05, 4.69) is 13.8 Å². The van der Waals surface area contributed by atoms with E-state index in [1.54, 1.807) is 0 Å². The lowest BCUT2D eigenvalue weighted by Crippen LogP contribution is -2.14. The van der Waals surface area contributed by atoms with E-state index in [9.17, 15) is 0 Å². The summed E-state index contributed by atoms with van der Waals surface area (Å²) in [5.41, 5.74) is 5.93. The quantitative estimate of drug-likeness (QED) is 0.292. The molecule has 0 aliphatic heterocycles. The molecule has 0 fully saturated rings. The van der Waals surface area contributed by atoms with Gasteiger partial charge in [0, 0.05) is 0 Å². The van der Waals surface area contributed by atoms with Crippen LogP contribution in [0.25, 0.3) is 0 Å². The summed E-state index contributed by atoms with van der Waals surface area (Å²) >= 11 is 0.